The van der Waals surface area contributed by atoms with Gasteiger partial charge in [-0.05, 0) is 25.9 Å². The molecule has 0 bridgehead atoms. The Hall–Kier alpha value is -1.10. The highest BCUT2D eigenvalue weighted by molar-refractivity contribution is 4.93. The maximum Gasteiger partial charge on any atom is 0.438 e. The number of piperidine rings is 1. The zero-order valence-electron chi connectivity index (χ0n) is 8.32. The third-order valence-corrected chi connectivity index (χ3v) is 2.79. The summed E-state index contributed by atoms with van der Waals surface area (Å²) in [5.74, 6) is 0.221. The molecule has 1 aliphatic heterocycles. The van der Waals surface area contributed by atoms with Crippen molar-refractivity contribution in [2.75, 3.05) is 13.1 Å². The minimum Gasteiger partial charge on any atom is -0.296 e. The van der Waals surface area contributed by atoms with Gasteiger partial charge < -0.3 is 0 Å². The van der Waals surface area contributed by atoms with Crippen LogP contribution < -0.4 is 5.76 Å². The lowest BCUT2D eigenvalue weighted by Crippen LogP contribution is -2.33. The number of aromatic amines is 1. The molecule has 0 aliphatic carbocycles. The first-order valence-electron chi connectivity index (χ1n) is 5.11. The van der Waals surface area contributed by atoms with Crippen LogP contribution in [-0.2, 0) is 0 Å². The number of rotatable bonds is 2. The molecule has 2 rings (SSSR count). The first-order chi connectivity index (χ1) is 6.81. The van der Waals surface area contributed by atoms with Gasteiger partial charge in [-0.25, -0.2) is 4.79 Å². The second-order valence-corrected chi connectivity index (χ2v) is 3.62. The van der Waals surface area contributed by atoms with E-state index in [4.69, 9.17) is 0 Å². The number of nitrogens with one attached hydrogen (secondary N) is 1. The number of hydrogen-bond donors (Lipinski definition) is 1. The van der Waals surface area contributed by atoms with Gasteiger partial charge >= 0.3 is 5.76 Å². The van der Waals surface area contributed by atoms with Crippen LogP contribution in [0.4, 0.5) is 0 Å². The van der Waals surface area contributed by atoms with Gasteiger partial charge in [0.1, 0.15) is 0 Å². The molecule has 1 atom stereocenters. The normalized spacial score (nSPS) is 23.9. The van der Waals surface area contributed by atoms with E-state index < -0.39 is 5.76 Å². The van der Waals surface area contributed by atoms with Crippen LogP contribution in [0, 0.1) is 0 Å². The minimum absolute atomic E-state index is 0.236. The summed E-state index contributed by atoms with van der Waals surface area (Å²) in [5.41, 5.74) is 0. The number of likely N-dealkylation sites (tertiary alicyclic amines) is 1. The number of H-pyrrole nitrogens is 1. The van der Waals surface area contributed by atoms with Crippen molar-refractivity contribution in [2.45, 2.75) is 32.2 Å². The van der Waals surface area contributed by atoms with E-state index >= 15 is 0 Å². The maximum absolute atomic E-state index is 10.8. The lowest BCUT2D eigenvalue weighted by molar-refractivity contribution is 0.147. The molecule has 1 unspecified atom stereocenters. The second kappa shape index (κ2) is 3.96. The fourth-order valence-electron chi connectivity index (χ4n) is 2.06. The molecule has 1 fully saturated rings. The molecule has 1 aliphatic rings. The average Bonchev–Trinajstić information content (AvgIpc) is 2.65. The van der Waals surface area contributed by atoms with Crippen LogP contribution in [0.1, 0.15) is 38.1 Å². The van der Waals surface area contributed by atoms with Gasteiger partial charge in [0, 0.05) is 0 Å². The summed E-state index contributed by atoms with van der Waals surface area (Å²) < 4.78 is 4.52. The van der Waals surface area contributed by atoms with Crippen LogP contribution in [0.3, 0.4) is 0 Å². The molecule has 5 heteroatoms. The highest BCUT2D eigenvalue weighted by atomic mass is 16.5. The van der Waals surface area contributed by atoms with Gasteiger partial charge in [-0.3, -0.25) is 14.4 Å². The van der Waals surface area contributed by atoms with Crippen molar-refractivity contribution in [2.24, 2.45) is 0 Å². The summed E-state index contributed by atoms with van der Waals surface area (Å²) in [6, 6.07) is 0.236. The molecule has 1 aromatic rings. The van der Waals surface area contributed by atoms with Crippen molar-refractivity contribution in [3.05, 3.63) is 16.4 Å². The molecule has 1 aromatic heterocycles. The standard InChI is InChI=1S/C9H15N3O2/c1-2-12-6-4-3-5-7(12)8-10-9(13)14-11-8/h7H,2-6H2,1H3,(H,10,11,13). The van der Waals surface area contributed by atoms with Crippen LogP contribution in [0.5, 0.6) is 0 Å². The first-order valence-corrected chi connectivity index (χ1v) is 5.11. The van der Waals surface area contributed by atoms with Crippen LogP contribution in [0.2, 0.25) is 0 Å². The average molecular weight is 197 g/mol. The third kappa shape index (κ3) is 1.72. The molecule has 14 heavy (non-hydrogen) atoms. The van der Waals surface area contributed by atoms with Crippen molar-refractivity contribution < 1.29 is 4.52 Å². The van der Waals surface area contributed by atoms with Gasteiger partial charge in [-0.1, -0.05) is 18.5 Å². The second-order valence-electron chi connectivity index (χ2n) is 3.62. The van der Waals surface area contributed by atoms with E-state index in [1.165, 1.54) is 12.8 Å². The molecule has 0 aromatic carbocycles. The predicted molar refractivity (Wildman–Crippen MR) is 51.0 cm³/mol. The van der Waals surface area contributed by atoms with Gasteiger partial charge in [0.05, 0.1) is 6.04 Å². The molecule has 1 saturated heterocycles. The molecule has 1 N–H and O–H groups in total. The van der Waals surface area contributed by atoms with Gasteiger partial charge in [0.25, 0.3) is 0 Å². The van der Waals surface area contributed by atoms with E-state index in [0.29, 0.717) is 5.82 Å². The molecule has 78 valence electrons. The molecule has 0 spiro atoms. The Bertz CT molecular complexity index is 344. The summed E-state index contributed by atoms with van der Waals surface area (Å²) in [6.07, 6.45) is 3.47. The number of nitrogens with zero attached hydrogens (tertiary/aromatic N) is 2. The van der Waals surface area contributed by atoms with Crippen LogP contribution in [-0.4, -0.2) is 28.1 Å². The van der Waals surface area contributed by atoms with Crippen molar-refractivity contribution in [3.63, 3.8) is 0 Å². The fraction of sp³-hybridized carbons (Fsp3) is 0.778. The van der Waals surface area contributed by atoms with Gasteiger partial charge in [0.15, 0.2) is 5.82 Å². The molecular weight excluding hydrogens is 182 g/mol. The zero-order chi connectivity index (χ0) is 9.97. The van der Waals surface area contributed by atoms with Crippen molar-refractivity contribution in [3.8, 4) is 0 Å². The van der Waals surface area contributed by atoms with Gasteiger partial charge in [-0.2, -0.15) is 0 Å². The van der Waals surface area contributed by atoms with E-state index in [-0.39, 0.29) is 6.04 Å². The molecule has 5 nitrogen and oxygen atoms in total. The summed E-state index contributed by atoms with van der Waals surface area (Å²) in [5, 5.41) is 3.75. The lowest BCUT2D eigenvalue weighted by Gasteiger charge is -2.32. The SMILES string of the molecule is CCN1CCCCC1c1noc(=O)[nH]1. The monoisotopic (exact) mass is 197 g/mol. The molecule has 0 saturated carbocycles. The Labute approximate surface area is 82.1 Å². The Morgan fingerprint density at radius 1 is 1.64 bits per heavy atom. The first kappa shape index (κ1) is 9.45. The van der Waals surface area contributed by atoms with E-state index in [2.05, 4.69) is 26.5 Å². The predicted octanol–water partition coefficient (Wildman–Crippen LogP) is 0.910. The Kier molecular flexibility index (Phi) is 2.67. The van der Waals surface area contributed by atoms with Crippen molar-refractivity contribution >= 4 is 0 Å². The largest absolute Gasteiger partial charge is 0.438 e. The van der Waals surface area contributed by atoms with Crippen molar-refractivity contribution in [1.82, 2.24) is 15.0 Å². The minimum atomic E-state index is -0.457. The van der Waals surface area contributed by atoms with Gasteiger partial charge in [0.2, 0.25) is 0 Å². The summed E-state index contributed by atoms with van der Waals surface area (Å²) >= 11 is 0. The molecule has 0 radical (unpaired) electrons. The molecule has 0 amide bonds. The maximum atomic E-state index is 10.8. The number of hydrogen-bond acceptors (Lipinski definition) is 4. The zero-order valence-corrected chi connectivity index (χ0v) is 8.32. The lowest BCUT2D eigenvalue weighted by atomic mass is 10.0. The molecule has 2 heterocycles. The van der Waals surface area contributed by atoms with E-state index in [1.54, 1.807) is 0 Å². The topological polar surface area (TPSA) is 62.1 Å². The van der Waals surface area contributed by atoms with E-state index in [9.17, 15) is 4.79 Å². The number of aromatic nitrogens is 2. The fourth-order valence-corrected chi connectivity index (χ4v) is 2.06. The van der Waals surface area contributed by atoms with Crippen LogP contribution in [0.25, 0.3) is 0 Å². The van der Waals surface area contributed by atoms with Gasteiger partial charge in [-0.15, -0.1) is 0 Å². The van der Waals surface area contributed by atoms with Crippen LogP contribution in [0.15, 0.2) is 9.32 Å². The Balaban J connectivity index is 2.18. The van der Waals surface area contributed by atoms with E-state index in [1.807, 2.05) is 0 Å². The van der Waals surface area contributed by atoms with E-state index in [0.717, 1.165) is 19.5 Å². The van der Waals surface area contributed by atoms with Crippen LogP contribution >= 0.6 is 0 Å². The summed E-state index contributed by atoms with van der Waals surface area (Å²) in [6.45, 7) is 4.19. The summed E-state index contributed by atoms with van der Waals surface area (Å²) in [4.78, 5) is 15.8. The molecular formula is C9H15N3O2. The highest BCUT2D eigenvalue weighted by Crippen LogP contribution is 2.27. The highest BCUT2D eigenvalue weighted by Gasteiger charge is 2.25. The smallest absolute Gasteiger partial charge is 0.296 e. The van der Waals surface area contributed by atoms with Crippen molar-refractivity contribution in [1.29, 1.82) is 0 Å². The summed E-state index contributed by atoms with van der Waals surface area (Å²) in [7, 11) is 0. The third-order valence-electron chi connectivity index (χ3n) is 2.79. The quantitative estimate of drug-likeness (QED) is 0.765. The Morgan fingerprint density at radius 3 is 3.14 bits per heavy atom. The Morgan fingerprint density at radius 2 is 2.50 bits per heavy atom.